The molecule has 0 radical (unpaired) electrons. The van der Waals surface area contributed by atoms with Crippen LogP contribution in [-0.4, -0.2) is 31.3 Å². The molecule has 33 heavy (non-hydrogen) atoms. The molecule has 4 aromatic rings. The summed E-state index contributed by atoms with van der Waals surface area (Å²) < 4.78 is 7.81. The molecular formula is C27H29N3O3. The minimum atomic E-state index is -1.19. The van der Waals surface area contributed by atoms with Gasteiger partial charge in [-0.1, -0.05) is 54.1 Å². The van der Waals surface area contributed by atoms with Crippen molar-refractivity contribution in [2.45, 2.75) is 53.2 Å². The monoisotopic (exact) mass is 443 g/mol. The molecule has 0 aliphatic rings. The largest absolute Gasteiger partial charge is 0.479 e. The van der Waals surface area contributed by atoms with Crippen molar-refractivity contribution >= 4 is 11.6 Å². The zero-order chi connectivity index (χ0) is 23.9. The van der Waals surface area contributed by atoms with E-state index < -0.39 is 17.7 Å². The molecule has 170 valence electrons. The highest BCUT2D eigenvalue weighted by Gasteiger charge is 2.33. The van der Waals surface area contributed by atoms with Gasteiger partial charge < -0.3 is 9.84 Å². The molecule has 2 aromatic heterocycles. The number of aryl methyl sites for hydroxylation is 3. The van der Waals surface area contributed by atoms with Gasteiger partial charge in [0.15, 0.2) is 11.8 Å². The van der Waals surface area contributed by atoms with Crippen LogP contribution in [-0.2, 0) is 9.53 Å². The number of hydrogen-bond acceptors (Lipinski definition) is 4. The van der Waals surface area contributed by atoms with Crippen LogP contribution in [0.25, 0.3) is 28.2 Å². The van der Waals surface area contributed by atoms with Crippen LogP contribution in [0.2, 0.25) is 0 Å². The summed E-state index contributed by atoms with van der Waals surface area (Å²) in [6, 6.07) is 17.9. The number of hydrogen-bond donors (Lipinski definition) is 1. The minimum absolute atomic E-state index is 0.514. The summed E-state index contributed by atoms with van der Waals surface area (Å²) in [6.07, 6.45) is -1.19. The second-order valence-electron chi connectivity index (χ2n) is 9.39. The maximum Gasteiger partial charge on any atom is 0.337 e. The number of aromatic nitrogens is 3. The van der Waals surface area contributed by atoms with Crippen LogP contribution >= 0.6 is 0 Å². The molecule has 1 unspecified atom stereocenters. The Bertz CT molecular complexity index is 1330. The van der Waals surface area contributed by atoms with Crippen molar-refractivity contribution in [1.29, 1.82) is 0 Å². The zero-order valence-corrected chi connectivity index (χ0v) is 19.9. The van der Waals surface area contributed by atoms with Gasteiger partial charge in [-0.05, 0) is 47.1 Å². The first-order chi connectivity index (χ1) is 15.5. The number of carboxylic acids is 1. The molecule has 0 bridgehead atoms. The van der Waals surface area contributed by atoms with Crippen molar-refractivity contribution in [3.05, 3.63) is 77.0 Å². The number of benzene rings is 2. The molecule has 1 N–H and O–H groups in total. The fourth-order valence-corrected chi connectivity index (χ4v) is 4.12. The van der Waals surface area contributed by atoms with E-state index in [9.17, 15) is 9.90 Å². The Morgan fingerprint density at radius 3 is 2.33 bits per heavy atom. The highest BCUT2D eigenvalue weighted by Crippen LogP contribution is 2.37. The summed E-state index contributed by atoms with van der Waals surface area (Å²) in [5, 5.41) is 15.0. The Balaban J connectivity index is 2.08. The van der Waals surface area contributed by atoms with Crippen LogP contribution in [0.1, 0.15) is 49.3 Å². The van der Waals surface area contributed by atoms with E-state index in [4.69, 9.17) is 14.8 Å². The van der Waals surface area contributed by atoms with E-state index in [1.165, 1.54) is 0 Å². The molecule has 0 spiro atoms. The van der Waals surface area contributed by atoms with Crippen LogP contribution in [0.15, 0.2) is 54.6 Å². The Kier molecular flexibility index (Phi) is 5.80. The van der Waals surface area contributed by atoms with E-state index in [1.807, 2.05) is 90.1 Å². The van der Waals surface area contributed by atoms with Crippen molar-refractivity contribution in [1.82, 2.24) is 14.6 Å². The summed E-state index contributed by atoms with van der Waals surface area (Å²) in [5.41, 5.74) is 6.60. The Morgan fingerprint density at radius 2 is 1.73 bits per heavy atom. The third-order valence-electron chi connectivity index (χ3n) is 5.49. The lowest BCUT2D eigenvalue weighted by atomic mass is 9.95. The molecule has 1 atom stereocenters. The van der Waals surface area contributed by atoms with Crippen molar-refractivity contribution in [3.8, 4) is 22.5 Å². The molecule has 0 amide bonds. The van der Waals surface area contributed by atoms with Gasteiger partial charge >= 0.3 is 5.97 Å². The lowest BCUT2D eigenvalue weighted by Gasteiger charge is -2.28. The Morgan fingerprint density at radius 1 is 1.03 bits per heavy atom. The number of aliphatic carboxylic acids is 1. The topological polar surface area (TPSA) is 76.7 Å². The number of ether oxygens (including phenoxy) is 1. The van der Waals surface area contributed by atoms with Crippen LogP contribution < -0.4 is 0 Å². The van der Waals surface area contributed by atoms with Crippen LogP contribution in [0.5, 0.6) is 0 Å². The summed E-state index contributed by atoms with van der Waals surface area (Å²) in [6.45, 7) is 11.4. The number of carboxylic acid groups (broad SMARTS) is 1. The molecule has 2 heterocycles. The van der Waals surface area contributed by atoms with E-state index >= 15 is 0 Å². The molecule has 0 aliphatic carbocycles. The molecule has 6 nitrogen and oxygen atoms in total. The van der Waals surface area contributed by atoms with E-state index in [2.05, 4.69) is 6.07 Å². The van der Waals surface area contributed by atoms with Crippen molar-refractivity contribution in [2.24, 2.45) is 0 Å². The van der Waals surface area contributed by atoms with Gasteiger partial charge in [0.1, 0.15) is 0 Å². The molecule has 0 fully saturated rings. The average Bonchev–Trinajstić information content (AvgIpc) is 3.15. The van der Waals surface area contributed by atoms with E-state index in [1.54, 1.807) is 4.52 Å². The number of nitrogens with zero attached hydrogens (tertiary/aromatic N) is 3. The fourth-order valence-electron chi connectivity index (χ4n) is 4.12. The minimum Gasteiger partial charge on any atom is -0.479 e. The highest BCUT2D eigenvalue weighted by molar-refractivity contribution is 5.81. The van der Waals surface area contributed by atoms with Gasteiger partial charge in [0.25, 0.3) is 0 Å². The lowest BCUT2D eigenvalue weighted by Crippen LogP contribution is -2.29. The Hall–Kier alpha value is -3.51. The van der Waals surface area contributed by atoms with Crippen LogP contribution in [0.3, 0.4) is 0 Å². The second kappa shape index (κ2) is 8.45. The van der Waals surface area contributed by atoms with Gasteiger partial charge in [-0.3, -0.25) is 0 Å². The second-order valence-corrected chi connectivity index (χ2v) is 9.39. The van der Waals surface area contributed by atoms with Gasteiger partial charge in [-0.2, -0.15) is 5.10 Å². The number of carbonyl (C=O) groups is 1. The first-order valence-corrected chi connectivity index (χ1v) is 11.0. The van der Waals surface area contributed by atoms with E-state index in [0.717, 1.165) is 27.9 Å². The smallest absolute Gasteiger partial charge is 0.337 e. The number of rotatable bonds is 5. The van der Waals surface area contributed by atoms with E-state index in [-0.39, 0.29) is 0 Å². The molecule has 0 saturated heterocycles. The average molecular weight is 444 g/mol. The van der Waals surface area contributed by atoms with Gasteiger partial charge in [0.05, 0.1) is 17.0 Å². The molecule has 0 saturated carbocycles. The van der Waals surface area contributed by atoms with Crippen LogP contribution in [0.4, 0.5) is 0 Å². The van der Waals surface area contributed by atoms with E-state index in [0.29, 0.717) is 22.6 Å². The first kappa shape index (κ1) is 22.7. The van der Waals surface area contributed by atoms with Gasteiger partial charge in [0, 0.05) is 28.5 Å². The summed E-state index contributed by atoms with van der Waals surface area (Å²) in [5.74, 6) is -1.06. The maximum absolute atomic E-state index is 12.4. The fraction of sp³-hybridized carbons (Fsp3) is 0.296. The quantitative estimate of drug-likeness (QED) is 0.414. The van der Waals surface area contributed by atoms with Crippen LogP contribution in [0, 0.1) is 20.8 Å². The van der Waals surface area contributed by atoms with Gasteiger partial charge in [-0.25, -0.2) is 14.3 Å². The summed E-state index contributed by atoms with van der Waals surface area (Å²) in [4.78, 5) is 17.2. The highest BCUT2D eigenvalue weighted by atomic mass is 16.5. The predicted molar refractivity (Wildman–Crippen MR) is 129 cm³/mol. The lowest BCUT2D eigenvalue weighted by molar-refractivity contribution is -0.160. The standard InChI is InChI=1S/C27H29N3O3/c1-16-12-13-20(17(2)14-16)24-23(25(26(31)32)33-27(4,5)6)18(3)28-22-15-21(29-30(22)24)19-10-8-7-9-11-19/h7-15,25H,1-6H3,(H,31,32). The van der Waals surface area contributed by atoms with Gasteiger partial charge in [0.2, 0.25) is 0 Å². The van der Waals surface area contributed by atoms with Crippen molar-refractivity contribution in [2.75, 3.05) is 0 Å². The first-order valence-electron chi connectivity index (χ1n) is 11.0. The number of fused-ring (bicyclic) bond motifs is 1. The summed E-state index contributed by atoms with van der Waals surface area (Å²) >= 11 is 0. The maximum atomic E-state index is 12.4. The molecule has 0 aliphatic heterocycles. The third-order valence-corrected chi connectivity index (χ3v) is 5.49. The molecule has 4 rings (SSSR count). The van der Waals surface area contributed by atoms with Crippen molar-refractivity contribution < 1.29 is 14.6 Å². The SMILES string of the molecule is Cc1ccc(-c2c(C(OC(C)(C)C)C(=O)O)c(C)nc3cc(-c4ccccc4)nn23)c(C)c1. The normalized spacial score (nSPS) is 12.8. The Labute approximate surface area is 193 Å². The predicted octanol–water partition coefficient (Wildman–Crippen LogP) is 5.93. The molecular weight excluding hydrogens is 414 g/mol. The van der Waals surface area contributed by atoms with Gasteiger partial charge in [-0.15, -0.1) is 0 Å². The molecule has 6 heteroatoms. The zero-order valence-electron chi connectivity index (χ0n) is 19.9. The van der Waals surface area contributed by atoms with Crippen molar-refractivity contribution in [3.63, 3.8) is 0 Å². The summed E-state index contributed by atoms with van der Waals surface area (Å²) in [7, 11) is 0. The third kappa shape index (κ3) is 4.52. The molecule has 2 aromatic carbocycles.